The average molecular weight is 169 g/mol. The highest BCUT2D eigenvalue weighted by Gasteiger charge is 2.42. The molecule has 0 saturated carbocycles. The van der Waals surface area contributed by atoms with E-state index in [1.165, 1.54) is 0 Å². The standard InChI is InChI=1S/C4H9O3PS/c1-9(8(5)6)4-2-3-7-9/h2-4H2,1H3/p+1. The van der Waals surface area contributed by atoms with Gasteiger partial charge in [-0.3, -0.25) is 4.18 Å². The second-order valence-corrected chi connectivity index (χ2v) is 8.37. The highest BCUT2D eigenvalue weighted by Crippen LogP contribution is 2.68. The van der Waals surface area contributed by atoms with Crippen molar-refractivity contribution >= 4 is 17.2 Å². The van der Waals surface area contributed by atoms with E-state index in [0.29, 0.717) is 6.61 Å². The van der Waals surface area contributed by atoms with E-state index < -0.39 is 17.2 Å². The van der Waals surface area contributed by atoms with Crippen LogP contribution in [0, 0.1) is 0 Å². The zero-order valence-electron chi connectivity index (χ0n) is 5.24. The average Bonchev–Trinajstić information content (AvgIpc) is 2.16. The lowest BCUT2D eigenvalue weighted by Crippen LogP contribution is -1.90. The summed E-state index contributed by atoms with van der Waals surface area (Å²) >= 11 is 0. The Balaban J connectivity index is 2.61. The SMILES string of the molecule is CS1([P+](=O)O)CCCO1. The van der Waals surface area contributed by atoms with Gasteiger partial charge in [0.1, 0.15) is 0 Å². The molecule has 1 aliphatic rings. The molecule has 0 spiro atoms. The predicted octanol–water partition coefficient (Wildman–Crippen LogP) is 1.41. The molecule has 2 atom stereocenters. The summed E-state index contributed by atoms with van der Waals surface area (Å²) in [5, 5.41) is 0. The molecule has 5 heteroatoms. The molecule has 0 bridgehead atoms. The van der Waals surface area contributed by atoms with Crippen LogP contribution < -0.4 is 0 Å². The van der Waals surface area contributed by atoms with Gasteiger partial charge in [-0.15, -0.1) is 0 Å². The molecule has 2 unspecified atom stereocenters. The Kier molecular flexibility index (Phi) is 2.11. The second-order valence-electron chi connectivity index (χ2n) is 2.08. The molecule has 1 N–H and O–H groups in total. The van der Waals surface area contributed by atoms with Crippen molar-refractivity contribution in [2.24, 2.45) is 0 Å². The summed E-state index contributed by atoms with van der Waals surface area (Å²) in [6.07, 6.45) is 2.70. The van der Waals surface area contributed by atoms with Gasteiger partial charge < -0.3 is 0 Å². The van der Waals surface area contributed by atoms with Crippen LogP contribution in [-0.4, -0.2) is 23.5 Å². The lowest BCUT2D eigenvalue weighted by molar-refractivity contribution is 0.393. The van der Waals surface area contributed by atoms with E-state index in [4.69, 9.17) is 9.08 Å². The quantitative estimate of drug-likeness (QED) is 0.603. The Morgan fingerprint density at radius 1 is 1.78 bits per heavy atom. The highest BCUT2D eigenvalue weighted by molar-refractivity contribution is 8.70. The van der Waals surface area contributed by atoms with Crippen LogP contribution in [0.25, 0.3) is 0 Å². The minimum Gasteiger partial charge on any atom is -0.295 e. The largest absolute Gasteiger partial charge is 0.581 e. The van der Waals surface area contributed by atoms with Crippen LogP contribution >= 0.6 is 17.2 Å². The third-order valence-electron chi connectivity index (χ3n) is 1.34. The summed E-state index contributed by atoms with van der Waals surface area (Å²) in [5.41, 5.74) is 0. The summed E-state index contributed by atoms with van der Waals surface area (Å²) in [4.78, 5) is 8.73. The van der Waals surface area contributed by atoms with Gasteiger partial charge in [-0.2, -0.15) is 4.89 Å². The summed E-state index contributed by atoms with van der Waals surface area (Å²) in [6, 6.07) is 0. The van der Waals surface area contributed by atoms with E-state index in [9.17, 15) is 4.57 Å². The highest BCUT2D eigenvalue weighted by atomic mass is 32.8. The molecule has 1 aliphatic heterocycles. The van der Waals surface area contributed by atoms with Crippen LogP contribution in [0.5, 0.6) is 0 Å². The van der Waals surface area contributed by atoms with E-state index in [0.717, 1.165) is 12.2 Å². The Hall–Kier alpha value is 0.370. The van der Waals surface area contributed by atoms with Gasteiger partial charge in [-0.25, -0.2) is 0 Å². The molecule has 54 valence electrons. The van der Waals surface area contributed by atoms with Crippen molar-refractivity contribution in [2.75, 3.05) is 18.6 Å². The fraction of sp³-hybridized carbons (Fsp3) is 1.00. The van der Waals surface area contributed by atoms with Crippen molar-refractivity contribution in [1.29, 1.82) is 0 Å². The minimum absolute atomic E-state index is 0.660. The van der Waals surface area contributed by atoms with E-state index in [1.807, 2.05) is 0 Å². The summed E-state index contributed by atoms with van der Waals surface area (Å²) in [6.45, 7) is 0.660. The van der Waals surface area contributed by atoms with Gasteiger partial charge in [0.2, 0.25) is 0 Å². The number of hydrogen-bond donors (Lipinski definition) is 1. The molecule has 1 heterocycles. The lowest BCUT2D eigenvalue weighted by atomic mass is 10.5. The topological polar surface area (TPSA) is 46.5 Å². The van der Waals surface area contributed by atoms with Gasteiger partial charge in [0.05, 0.1) is 16.5 Å². The van der Waals surface area contributed by atoms with Gasteiger partial charge in [-0.1, -0.05) is 0 Å². The first kappa shape index (κ1) is 7.48. The van der Waals surface area contributed by atoms with Crippen molar-refractivity contribution in [2.45, 2.75) is 6.42 Å². The molecular weight excluding hydrogens is 159 g/mol. The van der Waals surface area contributed by atoms with E-state index in [1.54, 1.807) is 6.26 Å². The smallest absolute Gasteiger partial charge is 0.295 e. The normalized spacial score (nSPS) is 44.0. The van der Waals surface area contributed by atoms with Crippen LogP contribution in [0.3, 0.4) is 0 Å². The second kappa shape index (κ2) is 2.54. The van der Waals surface area contributed by atoms with Gasteiger partial charge >= 0.3 is 7.23 Å². The molecule has 1 fully saturated rings. The third kappa shape index (κ3) is 1.44. The predicted molar refractivity (Wildman–Crippen MR) is 38.8 cm³/mol. The van der Waals surface area contributed by atoms with Gasteiger partial charge in [0, 0.05) is 12.0 Å². The van der Waals surface area contributed by atoms with Crippen molar-refractivity contribution < 1.29 is 13.6 Å². The molecule has 0 aromatic heterocycles. The van der Waals surface area contributed by atoms with Crippen LogP contribution in [0.1, 0.15) is 6.42 Å². The Bertz CT molecular complexity index is 132. The number of hydrogen-bond acceptors (Lipinski definition) is 2. The Morgan fingerprint density at radius 2 is 2.44 bits per heavy atom. The summed E-state index contributed by atoms with van der Waals surface area (Å²) in [5.74, 6) is 0.790. The fourth-order valence-corrected chi connectivity index (χ4v) is 3.59. The Morgan fingerprint density at radius 3 is 2.67 bits per heavy atom. The van der Waals surface area contributed by atoms with Crippen LogP contribution in [0.15, 0.2) is 0 Å². The summed E-state index contributed by atoms with van der Waals surface area (Å²) in [7, 11) is -3.63. The zero-order chi connectivity index (χ0) is 6.91. The molecule has 0 radical (unpaired) electrons. The van der Waals surface area contributed by atoms with Crippen LogP contribution in [0.2, 0.25) is 0 Å². The van der Waals surface area contributed by atoms with Crippen molar-refractivity contribution in [3.05, 3.63) is 0 Å². The lowest BCUT2D eigenvalue weighted by Gasteiger charge is -2.11. The Labute approximate surface area is 56.5 Å². The van der Waals surface area contributed by atoms with Crippen LogP contribution in [-0.2, 0) is 8.75 Å². The molecule has 1 rings (SSSR count). The van der Waals surface area contributed by atoms with Gasteiger partial charge in [0.25, 0.3) is 0 Å². The molecule has 0 amide bonds. The van der Waals surface area contributed by atoms with Gasteiger partial charge in [0.15, 0.2) is 0 Å². The van der Waals surface area contributed by atoms with Crippen molar-refractivity contribution in [3.63, 3.8) is 0 Å². The maximum Gasteiger partial charge on any atom is 0.581 e. The van der Waals surface area contributed by atoms with E-state index >= 15 is 0 Å². The van der Waals surface area contributed by atoms with Crippen molar-refractivity contribution in [3.8, 4) is 0 Å². The monoisotopic (exact) mass is 169 g/mol. The first-order valence-corrected chi connectivity index (χ1v) is 6.67. The minimum atomic E-state index is -2.07. The van der Waals surface area contributed by atoms with E-state index in [-0.39, 0.29) is 0 Å². The molecule has 0 aliphatic carbocycles. The van der Waals surface area contributed by atoms with Crippen molar-refractivity contribution in [1.82, 2.24) is 0 Å². The molecular formula is C4H10O3PS+. The molecule has 0 aromatic rings. The van der Waals surface area contributed by atoms with Crippen LogP contribution in [0.4, 0.5) is 0 Å². The molecule has 9 heavy (non-hydrogen) atoms. The summed E-state index contributed by atoms with van der Waals surface area (Å²) < 4.78 is 15.7. The first-order valence-electron chi connectivity index (χ1n) is 2.72. The maximum absolute atomic E-state index is 10.6. The third-order valence-corrected chi connectivity index (χ3v) is 6.56. The maximum atomic E-state index is 10.6. The molecule has 3 nitrogen and oxygen atoms in total. The zero-order valence-corrected chi connectivity index (χ0v) is 6.95. The first-order chi connectivity index (χ1) is 4.15. The molecule has 1 saturated heterocycles. The fourth-order valence-electron chi connectivity index (χ4n) is 0.747. The van der Waals surface area contributed by atoms with E-state index in [2.05, 4.69) is 0 Å². The molecule has 0 aromatic carbocycles. The van der Waals surface area contributed by atoms with Gasteiger partial charge in [-0.05, 0) is 11.0 Å². The number of rotatable bonds is 1.